The zero-order valence-electron chi connectivity index (χ0n) is 23.4. The lowest BCUT2D eigenvalue weighted by Crippen LogP contribution is -2.43. The molecule has 6 heterocycles. The second kappa shape index (κ2) is 10.2. The van der Waals surface area contributed by atoms with Crippen LogP contribution < -0.4 is 15.4 Å². The Bertz CT molecular complexity index is 1500. The number of halogens is 1. The van der Waals surface area contributed by atoms with Crippen LogP contribution in [-0.4, -0.2) is 69.5 Å². The minimum Gasteiger partial charge on any atom is -0.461 e. The van der Waals surface area contributed by atoms with Crippen LogP contribution in [0.25, 0.3) is 11.5 Å². The third kappa shape index (κ3) is 4.54. The van der Waals surface area contributed by atoms with E-state index < -0.39 is 11.6 Å². The molecule has 0 saturated carbocycles. The van der Waals surface area contributed by atoms with Crippen molar-refractivity contribution in [3.63, 3.8) is 0 Å². The van der Waals surface area contributed by atoms with Crippen LogP contribution >= 0.6 is 11.3 Å². The molecule has 216 valence electrons. The van der Waals surface area contributed by atoms with E-state index in [-0.39, 0.29) is 11.5 Å². The summed E-state index contributed by atoms with van der Waals surface area (Å²) in [6, 6.07) is 4.45. The lowest BCUT2D eigenvalue weighted by atomic mass is 9.72. The van der Waals surface area contributed by atoms with Crippen LogP contribution in [-0.2, 0) is 11.8 Å². The molecule has 3 atom stereocenters. The van der Waals surface area contributed by atoms with E-state index in [4.69, 9.17) is 29.9 Å². The van der Waals surface area contributed by atoms with Crippen molar-refractivity contribution in [3.05, 3.63) is 28.0 Å². The Hall–Kier alpha value is -3.30. The second-order valence-electron chi connectivity index (χ2n) is 12.2. The highest BCUT2D eigenvalue weighted by Crippen LogP contribution is 2.48. The van der Waals surface area contributed by atoms with Gasteiger partial charge in [0, 0.05) is 42.6 Å². The number of rotatable bonds is 6. The van der Waals surface area contributed by atoms with E-state index in [0.29, 0.717) is 47.5 Å². The third-order valence-corrected chi connectivity index (χ3v) is 10.6. The van der Waals surface area contributed by atoms with Gasteiger partial charge in [0.2, 0.25) is 11.7 Å². The first-order valence-corrected chi connectivity index (χ1v) is 15.5. The molecule has 3 aliphatic heterocycles. The van der Waals surface area contributed by atoms with Crippen molar-refractivity contribution in [1.29, 1.82) is 5.26 Å². The predicted octanol–water partition coefficient (Wildman–Crippen LogP) is 4.63. The van der Waals surface area contributed by atoms with E-state index in [1.165, 1.54) is 17.8 Å². The van der Waals surface area contributed by atoms with E-state index in [2.05, 4.69) is 27.9 Å². The number of nitrogen functional groups attached to an aromatic ring is 1. The minimum atomic E-state index is -0.824. The summed E-state index contributed by atoms with van der Waals surface area (Å²) in [5.41, 5.74) is 7.25. The topological polar surface area (TPSA) is 130 Å². The summed E-state index contributed by atoms with van der Waals surface area (Å²) in [5.74, 6) is 1.57. The van der Waals surface area contributed by atoms with Gasteiger partial charge < -0.3 is 19.9 Å². The molecule has 0 aromatic carbocycles. The molecule has 7 rings (SSSR count). The Morgan fingerprint density at radius 3 is 2.85 bits per heavy atom. The molecule has 3 aromatic rings. The summed E-state index contributed by atoms with van der Waals surface area (Å²) >= 11 is 1.48. The molecule has 4 aliphatic rings. The Kier molecular flexibility index (Phi) is 6.62. The van der Waals surface area contributed by atoms with Gasteiger partial charge in [0.1, 0.15) is 35.4 Å². The predicted molar refractivity (Wildman–Crippen MR) is 153 cm³/mol. The summed E-state index contributed by atoms with van der Waals surface area (Å²) in [7, 11) is 0. The molecule has 0 amide bonds. The van der Waals surface area contributed by atoms with Crippen LogP contribution in [0.2, 0.25) is 0 Å². The van der Waals surface area contributed by atoms with Crippen LogP contribution in [0.1, 0.15) is 80.2 Å². The van der Waals surface area contributed by atoms with E-state index >= 15 is 0 Å². The molecule has 3 aromatic heterocycles. The van der Waals surface area contributed by atoms with E-state index in [0.717, 1.165) is 80.8 Å². The number of fused-ring (bicyclic) bond motifs is 2. The van der Waals surface area contributed by atoms with E-state index in [1.54, 1.807) is 0 Å². The van der Waals surface area contributed by atoms with E-state index in [1.807, 2.05) is 6.07 Å². The average molecular weight is 579 g/mol. The SMILES string of the molecule is C[C@@]1(c2nc(-c3cc(N4CCCCC4)nc(OC[C@@]45CCCN4C[C@H](F)C5)n3)no2)CCCc2sc(N)c(C#N)c21. The largest absolute Gasteiger partial charge is 0.461 e. The number of nitrogens with zero attached hydrogens (tertiary/aromatic N) is 7. The van der Waals surface area contributed by atoms with Gasteiger partial charge in [0.05, 0.1) is 16.5 Å². The van der Waals surface area contributed by atoms with Crippen LogP contribution in [0.4, 0.5) is 15.2 Å². The quantitative estimate of drug-likeness (QED) is 0.442. The molecular formula is C29H35FN8O2S. The van der Waals surface area contributed by atoms with Gasteiger partial charge in [-0.2, -0.15) is 20.2 Å². The monoisotopic (exact) mass is 578 g/mol. The number of piperidine rings is 1. The summed E-state index contributed by atoms with van der Waals surface area (Å²) < 4.78 is 26.5. The Morgan fingerprint density at radius 2 is 2.02 bits per heavy atom. The molecular weight excluding hydrogens is 543 g/mol. The summed E-state index contributed by atoms with van der Waals surface area (Å²) in [6.07, 6.45) is 7.63. The van der Waals surface area contributed by atoms with Gasteiger partial charge in [-0.25, -0.2) is 4.39 Å². The minimum absolute atomic E-state index is 0.251. The number of ether oxygens (including phenoxy) is 1. The van der Waals surface area contributed by atoms with Gasteiger partial charge in [-0.15, -0.1) is 11.3 Å². The molecule has 0 spiro atoms. The van der Waals surface area contributed by atoms with Crippen molar-refractivity contribution in [2.45, 2.75) is 81.8 Å². The van der Waals surface area contributed by atoms with Crippen molar-refractivity contribution in [2.75, 3.05) is 43.4 Å². The normalized spacial score (nSPS) is 27.9. The maximum Gasteiger partial charge on any atom is 0.319 e. The smallest absolute Gasteiger partial charge is 0.319 e. The van der Waals surface area contributed by atoms with E-state index in [9.17, 15) is 9.65 Å². The van der Waals surface area contributed by atoms with Gasteiger partial charge in [0.15, 0.2) is 0 Å². The fourth-order valence-electron chi connectivity index (χ4n) is 7.39. The molecule has 0 unspecified atom stereocenters. The molecule has 2 N–H and O–H groups in total. The Labute approximate surface area is 242 Å². The zero-order valence-corrected chi connectivity index (χ0v) is 24.2. The molecule has 3 saturated heterocycles. The first-order chi connectivity index (χ1) is 19.9. The van der Waals surface area contributed by atoms with Gasteiger partial charge >= 0.3 is 6.01 Å². The van der Waals surface area contributed by atoms with Crippen LogP contribution in [0.15, 0.2) is 10.6 Å². The van der Waals surface area contributed by atoms with Crippen LogP contribution in [0.5, 0.6) is 6.01 Å². The van der Waals surface area contributed by atoms with Crippen LogP contribution in [0, 0.1) is 11.3 Å². The van der Waals surface area contributed by atoms with Gasteiger partial charge in [-0.05, 0) is 64.8 Å². The Morgan fingerprint density at radius 1 is 1.17 bits per heavy atom. The van der Waals surface area contributed by atoms with Crippen molar-refractivity contribution >= 4 is 22.2 Å². The number of hydrogen-bond donors (Lipinski definition) is 1. The number of alkyl halides is 1. The van der Waals surface area contributed by atoms with Gasteiger partial charge in [-0.1, -0.05) is 5.16 Å². The first-order valence-electron chi connectivity index (χ1n) is 14.7. The number of hydrogen-bond acceptors (Lipinski definition) is 11. The highest BCUT2D eigenvalue weighted by molar-refractivity contribution is 7.16. The lowest BCUT2D eigenvalue weighted by molar-refractivity contribution is 0.107. The van der Waals surface area contributed by atoms with Crippen molar-refractivity contribution in [1.82, 2.24) is 25.0 Å². The maximum absolute atomic E-state index is 14.4. The molecule has 3 fully saturated rings. The first kappa shape index (κ1) is 26.6. The number of nitrogens with two attached hydrogens (primary N) is 1. The third-order valence-electron chi connectivity index (χ3n) is 9.48. The molecule has 0 radical (unpaired) electrons. The second-order valence-corrected chi connectivity index (χ2v) is 13.3. The number of anilines is 2. The maximum atomic E-state index is 14.4. The number of aromatic nitrogens is 4. The zero-order chi connectivity index (χ0) is 28.2. The molecule has 0 bridgehead atoms. The van der Waals surface area contributed by atoms with Gasteiger partial charge in [-0.3, -0.25) is 4.90 Å². The highest BCUT2D eigenvalue weighted by Gasteiger charge is 2.49. The van der Waals surface area contributed by atoms with Gasteiger partial charge in [0.25, 0.3) is 0 Å². The fraction of sp³-hybridized carbons (Fsp3) is 0.621. The van der Waals surface area contributed by atoms with Crippen molar-refractivity contribution in [3.8, 4) is 23.6 Å². The number of nitriles is 1. The number of thiophene rings is 1. The lowest BCUT2D eigenvalue weighted by Gasteiger charge is -2.31. The molecule has 1 aliphatic carbocycles. The Balaban J connectivity index is 1.22. The molecule has 10 nitrogen and oxygen atoms in total. The molecule has 41 heavy (non-hydrogen) atoms. The average Bonchev–Trinajstić information content (AvgIpc) is 3.75. The van der Waals surface area contributed by atoms with Crippen LogP contribution in [0.3, 0.4) is 0 Å². The van der Waals surface area contributed by atoms with Crippen molar-refractivity contribution < 1.29 is 13.7 Å². The summed E-state index contributed by atoms with van der Waals surface area (Å²) in [4.78, 5) is 19.9. The highest BCUT2D eigenvalue weighted by atomic mass is 32.1. The summed E-state index contributed by atoms with van der Waals surface area (Å²) in [5, 5.41) is 14.7. The summed E-state index contributed by atoms with van der Waals surface area (Å²) in [6.45, 7) is 5.59. The number of aryl methyl sites for hydroxylation is 1. The standard InChI is InChI=1S/C29H35FN8O2S/c1-28(8-5-7-21-23(28)19(15-31)24(32)41-21)26-35-25(36-40-26)20-13-22(37-10-3-2-4-11-37)34-27(33-20)39-17-29-9-6-12-38(29)16-18(30)14-29/h13,18H,2-12,14,16-17,32H2,1H3/t18-,28-,29+/m1/s1. The fourth-order valence-corrected chi connectivity index (χ4v) is 8.58. The molecule has 12 heteroatoms. The van der Waals surface area contributed by atoms with Crippen molar-refractivity contribution in [2.24, 2.45) is 0 Å².